The van der Waals surface area contributed by atoms with E-state index in [-0.39, 0.29) is 5.02 Å². The summed E-state index contributed by atoms with van der Waals surface area (Å²) in [6.07, 6.45) is 1.23. The molecule has 1 atom stereocenters. The van der Waals surface area contributed by atoms with E-state index in [4.69, 9.17) is 16.9 Å². The molecule has 68 valence electrons. The maximum atomic E-state index is 11.0. The Labute approximate surface area is 87.7 Å². The van der Waals surface area contributed by atoms with Gasteiger partial charge in [-0.25, -0.2) is 4.98 Å². The standard InChI is InChI=1S/C7H5BrClN3O/c8-1-4(2-10)6-5(9)7(13)12-3-11-6/h3-4H,1H2,(H,11,12,13). The van der Waals surface area contributed by atoms with Crippen molar-refractivity contribution in [3.63, 3.8) is 0 Å². The minimum Gasteiger partial charge on any atom is -0.312 e. The van der Waals surface area contributed by atoms with E-state index >= 15 is 0 Å². The maximum absolute atomic E-state index is 11.0. The summed E-state index contributed by atoms with van der Waals surface area (Å²) in [4.78, 5) is 17.2. The lowest BCUT2D eigenvalue weighted by Gasteiger charge is -2.04. The fourth-order valence-corrected chi connectivity index (χ4v) is 1.49. The number of nitriles is 1. The molecule has 0 saturated heterocycles. The maximum Gasteiger partial charge on any atom is 0.269 e. The number of hydrogen-bond donors (Lipinski definition) is 1. The molecule has 0 aromatic carbocycles. The molecule has 0 radical (unpaired) electrons. The van der Waals surface area contributed by atoms with Gasteiger partial charge in [0.1, 0.15) is 5.02 Å². The van der Waals surface area contributed by atoms with Crippen LogP contribution in [-0.4, -0.2) is 15.3 Å². The predicted octanol–water partition coefficient (Wildman–Crippen LogP) is 1.43. The molecule has 1 N–H and O–H groups in total. The van der Waals surface area contributed by atoms with Gasteiger partial charge in [0.05, 0.1) is 24.0 Å². The highest BCUT2D eigenvalue weighted by Crippen LogP contribution is 2.19. The van der Waals surface area contributed by atoms with Crippen LogP contribution in [0.1, 0.15) is 11.6 Å². The van der Waals surface area contributed by atoms with Crippen LogP contribution < -0.4 is 5.56 Å². The number of aromatic amines is 1. The quantitative estimate of drug-likeness (QED) is 0.820. The molecule has 0 bridgehead atoms. The van der Waals surface area contributed by atoms with E-state index in [2.05, 4.69) is 25.9 Å². The molecule has 6 heteroatoms. The average Bonchev–Trinajstić information content (AvgIpc) is 2.14. The molecule has 0 aliphatic rings. The molecular weight excluding hydrogens is 257 g/mol. The second-order valence-corrected chi connectivity index (χ2v) is 3.29. The largest absolute Gasteiger partial charge is 0.312 e. The van der Waals surface area contributed by atoms with Crippen molar-refractivity contribution in [3.8, 4) is 6.07 Å². The predicted molar refractivity (Wildman–Crippen MR) is 52.0 cm³/mol. The Morgan fingerprint density at radius 3 is 3.08 bits per heavy atom. The van der Waals surface area contributed by atoms with Crippen molar-refractivity contribution in [3.05, 3.63) is 27.4 Å². The van der Waals surface area contributed by atoms with Crippen molar-refractivity contribution < 1.29 is 0 Å². The Morgan fingerprint density at radius 2 is 2.54 bits per heavy atom. The summed E-state index contributed by atoms with van der Waals surface area (Å²) in [6.45, 7) is 0. The topological polar surface area (TPSA) is 69.5 Å². The second kappa shape index (κ2) is 4.40. The van der Waals surface area contributed by atoms with Crippen LogP contribution in [0.25, 0.3) is 0 Å². The Bertz CT molecular complexity index is 397. The van der Waals surface area contributed by atoms with Crippen LogP contribution >= 0.6 is 27.5 Å². The highest BCUT2D eigenvalue weighted by Gasteiger charge is 2.16. The van der Waals surface area contributed by atoms with Crippen molar-refractivity contribution >= 4 is 27.5 Å². The number of rotatable bonds is 2. The number of aromatic nitrogens is 2. The van der Waals surface area contributed by atoms with Gasteiger partial charge in [-0.05, 0) is 0 Å². The van der Waals surface area contributed by atoms with Gasteiger partial charge in [0, 0.05) is 5.33 Å². The smallest absolute Gasteiger partial charge is 0.269 e. The molecule has 0 aliphatic heterocycles. The van der Waals surface area contributed by atoms with Crippen LogP contribution in [0.15, 0.2) is 11.1 Å². The minimum atomic E-state index is -0.491. The molecule has 0 aliphatic carbocycles. The SMILES string of the molecule is N#CC(CBr)c1nc[nH]c(=O)c1Cl. The number of hydrogen-bond acceptors (Lipinski definition) is 3. The summed E-state index contributed by atoms with van der Waals surface area (Å²) in [6, 6.07) is 1.99. The van der Waals surface area contributed by atoms with Crippen LogP contribution in [-0.2, 0) is 0 Å². The third kappa shape index (κ3) is 2.08. The molecule has 0 spiro atoms. The molecule has 1 aromatic heterocycles. The number of alkyl halides is 1. The molecule has 1 aromatic rings. The number of halogens is 2. The van der Waals surface area contributed by atoms with Crippen molar-refractivity contribution in [1.29, 1.82) is 5.26 Å². The van der Waals surface area contributed by atoms with E-state index in [1.165, 1.54) is 6.33 Å². The zero-order valence-electron chi connectivity index (χ0n) is 6.42. The van der Waals surface area contributed by atoms with Gasteiger partial charge in [0.25, 0.3) is 5.56 Å². The summed E-state index contributed by atoms with van der Waals surface area (Å²) in [7, 11) is 0. The molecule has 0 saturated carbocycles. The monoisotopic (exact) mass is 261 g/mol. The Morgan fingerprint density at radius 1 is 1.85 bits per heavy atom. The van der Waals surface area contributed by atoms with Crippen LogP contribution in [0.3, 0.4) is 0 Å². The molecular formula is C7H5BrClN3O. The molecule has 1 unspecified atom stereocenters. The van der Waals surface area contributed by atoms with Crippen molar-refractivity contribution in [2.24, 2.45) is 0 Å². The summed E-state index contributed by atoms with van der Waals surface area (Å²) in [5, 5.41) is 9.09. The number of H-pyrrole nitrogens is 1. The van der Waals surface area contributed by atoms with Gasteiger partial charge in [-0.2, -0.15) is 5.26 Å². The highest BCUT2D eigenvalue weighted by atomic mass is 79.9. The summed E-state index contributed by atoms with van der Waals surface area (Å²) < 4.78 is 0. The zero-order chi connectivity index (χ0) is 9.84. The fourth-order valence-electron chi connectivity index (χ4n) is 0.808. The van der Waals surface area contributed by atoms with E-state index in [0.29, 0.717) is 11.0 Å². The van der Waals surface area contributed by atoms with Gasteiger partial charge in [0.15, 0.2) is 0 Å². The summed E-state index contributed by atoms with van der Waals surface area (Å²) >= 11 is 8.81. The van der Waals surface area contributed by atoms with Crippen molar-refractivity contribution in [2.45, 2.75) is 5.92 Å². The van der Waals surface area contributed by atoms with E-state index < -0.39 is 11.5 Å². The van der Waals surface area contributed by atoms with Gasteiger partial charge in [-0.3, -0.25) is 4.79 Å². The lowest BCUT2D eigenvalue weighted by molar-refractivity contribution is 0.909. The Balaban J connectivity index is 3.23. The Kier molecular flexibility index (Phi) is 3.46. The van der Waals surface area contributed by atoms with E-state index in [9.17, 15) is 4.79 Å². The first-order valence-electron chi connectivity index (χ1n) is 3.39. The first-order valence-corrected chi connectivity index (χ1v) is 4.89. The normalized spacial score (nSPS) is 12.1. The molecule has 4 nitrogen and oxygen atoms in total. The van der Waals surface area contributed by atoms with Crippen molar-refractivity contribution in [2.75, 3.05) is 5.33 Å². The van der Waals surface area contributed by atoms with Crippen molar-refractivity contribution in [1.82, 2.24) is 9.97 Å². The van der Waals surface area contributed by atoms with Crippen LogP contribution in [0.5, 0.6) is 0 Å². The summed E-state index contributed by atoms with van der Waals surface area (Å²) in [5.74, 6) is -0.491. The highest BCUT2D eigenvalue weighted by molar-refractivity contribution is 9.09. The third-order valence-corrected chi connectivity index (χ3v) is 2.48. The summed E-state index contributed by atoms with van der Waals surface area (Å²) in [5.41, 5.74) is -0.113. The number of nitrogens with one attached hydrogen (secondary N) is 1. The fraction of sp³-hybridized carbons (Fsp3) is 0.286. The first-order chi connectivity index (χ1) is 6.20. The first kappa shape index (κ1) is 10.2. The molecule has 1 heterocycles. The minimum absolute atomic E-state index is 0.0199. The van der Waals surface area contributed by atoms with E-state index in [1.54, 1.807) is 0 Å². The average molecular weight is 262 g/mol. The van der Waals surface area contributed by atoms with Gasteiger partial charge in [-0.1, -0.05) is 27.5 Å². The van der Waals surface area contributed by atoms with Gasteiger partial charge in [-0.15, -0.1) is 0 Å². The molecule has 13 heavy (non-hydrogen) atoms. The zero-order valence-corrected chi connectivity index (χ0v) is 8.76. The van der Waals surface area contributed by atoms with Crippen LogP contribution in [0, 0.1) is 11.3 Å². The second-order valence-electron chi connectivity index (χ2n) is 2.27. The van der Waals surface area contributed by atoms with Gasteiger partial charge >= 0.3 is 0 Å². The Hall–Kier alpha value is -0.860. The third-order valence-electron chi connectivity index (χ3n) is 1.46. The van der Waals surface area contributed by atoms with E-state index in [0.717, 1.165) is 0 Å². The number of nitrogens with zero attached hydrogens (tertiary/aromatic N) is 2. The molecule has 1 rings (SSSR count). The van der Waals surface area contributed by atoms with Crippen LogP contribution in [0.2, 0.25) is 5.02 Å². The molecule has 0 fully saturated rings. The lowest BCUT2D eigenvalue weighted by Crippen LogP contribution is -2.13. The van der Waals surface area contributed by atoms with Gasteiger partial charge < -0.3 is 4.98 Å². The van der Waals surface area contributed by atoms with Crippen LogP contribution in [0.4, 0.5) is 0 Å². The van der Waals surface area contributed by atoms with E-state index in [1.807, 2.05) is 6.07 Å². The van der Waals surface area contributed by atoms with Gasteiger partial charge in [0.2, 0.25) is 0 Å². The lowest BCUT2D eigenvalue weighted by atomic mass is 10.1. The molecule has 0 amide bonds.